The van der Waals surface area contributed by atoms with Crippen LogP contribution >= 0.6 is 0 Å². The fourth-order valence-electron chi connectivity index (χ4n) is 2.56. The van der Waals surface area contributed by atoms with Gasteiger partial charge < -0.3 is 5.32 Å². The number of hydrogen-bond acceptors (Lipinski definition) is 3. The van der Waals surface area contributed by atoms with Crippen molar-refractivity contribution >= 4 is 17.7 Å². The minimum Gasteiger partial charge on any atom is -0.351 e. The summed E-state index contributed by atoms with van der Waals surface area (Å²) < 4.78 is 0. The zero-order valence-corrected chi connectivity index (χ0v) is 11.3. The molecule has 2 rings (SSSR count). The SMILES string of the molecule is CC1(NC(=O)CCN2C(=O)CCC2=O)CC=CCC1. The van der Waals surface area contributed by atoms with E-state index in [1.807, 2.05) is 6.92 Å². The predicted octanol–water partition coefficient (Wildman–Crippen LogP) is 1.14. The van der Waals surface area contributed by atoms with Crippen molar-refractivity contribution in [3.63, 3.8) is 0 Å². The highest BCUT2D eigenvalue weighted by Crippen LogP contribution is 2.22. The van der Waals surface area contributed by atoms with Crippen molar-refractivity contribution < 1.29 is 14.4 Å². The van der Waals surface area contributed by atoms with Crippen molar-refractivity contribution in [3.8, 4) is 0 Å². The molecule has 1 heterocycles. The number of nitrogens with one attached hydrogen (secondary N) is 1. The fourth-order valence-corrected chi connectivity index (χ4v) is 2.56. The molecule has 0 bridgehead atoms. The van der Waals surface area contributed by atoms with E-state index in [0.717, 1.165) is 19.3 Å². The number of amides is 3. The third kappa shape index (κ3) is 3.43. The molecule has 0 aromatic rings. The molecule has 1 atom stereocenters. The molecule has 3 amide bonds. The largest absolute Gasteiger partial charge is 0.351 e. The zero-order valence-electron chi connectivity index (χ0n) is 11.3. The Hall–Kier alpha value is -1.65. The predicted molar refractivity (Wildman–Crippen MR) is 70.1 cm³/mol. The number of imide groups is 1. The minimum atomic E-state index is -0.190. The summed E-state index contributed by atoms with van der Waals surface area (Å²) >= 11 is 0. The molecule has 1 aliphatic carbocycles. The van der Waals surface area contributed by atoms with Gasteiger partial charge in [0.1, 0.15) is 0 Å². The van der Waals surface area contributed by atoms with Crippen LogP contribution in [0.2, 0.25) is 0 Å². The Morgan fingerprint density at radius 1 is 1.32 bits per heavy atom. The van der Waals surface area contributed by atoms with Gasteiger partial charge in [-0.3, -0.25) is 19.3 Å². The van der Waals surface area contributed by atoms with E-state index in [1.54, 1.807) is 0 Å². The molecule has 1 fully saturated rings. The molecule has 5 heteroatoms. The van der Waals surface area contributed by atoms with Crippen LogP contribution in [0.1, 0.15) is 45.4 Å². The van der Waals surface area contributed by atoms with E-state index in [0.29, 0.717) is 0 Å². The molecule has 0 spiro atoms. The molecule has 19 heavy (non-hydrogen) atoms. The lowest BCUT2D eigenvalue weighted by molar-refractivity contribution is -0.138. The second-order valence-corrected chi connectivity index (χ2v) is 5.51. The highest BCUT2D eigenvalue weighted by Gasteiger charge is 2.30. The summed E-state index contributed by atoms with van der Waals surface area (Å²) in [5.74, 6) is -0.417. The van der Waals surface area contributed by atoms with Crippen molar-refractivity contribution in [1.82, 2.24) is 10.2 Å². The average Bonchev–Trinajstić information content (AvgIpc) is 2.67. The topological polar surface area (TPSA) is 66.5 Å². The van der Waals surface area contributed by atoms with Crippen LogP contribution in [0.4, 0.5) is 0 Å². The van der Waals surface area contributed by atoms with E-state index in [9.17, 15) is 14.4 Å². The first-order chi connectivity index (χ1) is 9.00. The molecule has 104 valence electrons. The van der Waals surface area contributed by atoms with Gasteiger partial charge in [0.05, 0.1) is 0 Å². The maximum atomic E-state index is 11.9. The third-order valence-corrected chi connectivity index (χ3v) is 3.76. The molecule has 1 aliphatic heterocycles. The molecular weight excluding hydrogens is 244 g/mol. The van der Waals surface area contributed by atoms with E-state index in [4.69, 9.17) is 0 Å². The van der Waals surface area contributed by atoms with Crippen molar-refractivity contribution in [2.75, 3.05) is 6.54 Å². The van der Waals surface area contributed by atoms with Gasteiger partial charge in [0.25, 0.3) is 0 Å². The van der Waals surface area contributed by atoms with E-state index in [-0.39, 0.29) is 49.1 Å². The lowest BCUT2D eigenvalue weighted by Crippen LogP contribution is -2.47. The van der Waals surface area contributed by atoms with Crippen molar-refractivity contribution in [3.05, 3.63) is 12.2 Å². The number of hydrogen-bond donors (Lipinski definition) is 1. The molecule has 1 saturated heterocycles. The Balaban J connectivity index is 1.80. The van der Waals surface area contributed by atoms with Gasteiger partial charge >= 0.3 is 0 Å². The van der Waals surface area contributed by atoms with Gasteiger partial charge in [-0.1, -0.05) is 12.2 Å². The first-order valence-corrected chi connectivity index (χ1v) is 6.79. The summed E-state index contributed by atoms with van der Waals surface area (Å²) in [4.78, 5) is 35.9. The number of likely N-dealkylation sites (tertiary alicyclic amines) is 1. The van der Waals surface area contributed by atoms with Crippen LogP contribution in [0.25, 0.3) is 0 Å². The second-order valence-electron chi connectivity index (χ2n) is 5.51. The summed E-state index contributed by atoms with van der Waals surface area (Å²) in [6.45, 7) is 2.23. The zero-order chi connectivity index (χ0) is 13.9. The maximum absolute atomic E-state index is 11.9. The first-order valence-electron chi connectivity index (χ1n) is 6.79. The van der Waals surface area contributed by atoms with Gasteiger partial charge in [0.2, 0.25) is 17.7 Å². The van der Waals surface area contributed by atoms with Gasteiger partial charge in [-0.2, -0.15) is 0 Å². The molecule has 0 radical (unpaired) electrons. The third-order valence-electron chi connectivity index (χ3n) is 3.76. The number of carbonyl (C=O) groups excluding carboxylic acids is 3. The van der Waals surface area contributed by atoms with Gasteiger partial charge in [0, 0.05) is 31.3 Å². The Labute approximate surface area is 113 Å². The highest BCUT2D eigenvalue weighted by molar-refractivity contribution is 6.02. The van der Waals surface area contributed by atoms with Crippen LogP contribution in [0.15, 0.2) is 12.2 Å². The van der Waals surface area contributed by atoms with E-state index >= 15 is 0 Å². The number of allylic oxidation sites excluding steroid dienone is 1. The standard InChI is InChI=1S/C14H20N2O3/c1-14(8-3-2-4-9-14)15-11(17)7-10-16-12(18)5-6-13(16)19/h2-3H,4-10H2,1H3,(H,15,17). The number of carbonyl (C=O) groups is 3. The lowest BCUT2D eigenvalue weighted by atomic mass is 9.87. The Morgan fingerprint density at radius 3 is 2.58 bits per heavy atom. The van der Waals surface area contributed by atoms with Gasteiger partial charge in [-0.15, -0.1) is 0 Å². The van der Waals surface area contributed by atoms with Crippen molar-refractivity contribution in [2.24, 2.45) is 0 Å². The molecular formula is C14H20N2O3. The van der Waals surface area contributed by atoms with Gasteiger partial charge in [-0.25, -0.2) is 0 Å². The van der Waals surface area contributed by atoms with Crippen molar-refractivity contribution in [2.45, 2.75) is 51.0 Å². The van der Waals surface area contributed by atoms with E-state index in [1.165, 1.54) is 4.90 Å². The quantitative estimate of drug-likeness (QED) is 0.611. The summed E-state index contributed by atoms with van der Waals surface area (Å²) in [6, 6.07) is 0. The Bertz CT molecular complexity index is 414. The summed E-state index contributed by atoms with van der Waals surface area (Å²) in [5.41, 5.74) is -0.190. The molecule has 0 aromatic carbocycles. The van der Waals surface area contributed by atoms with Crippen LogP contribution < -0.4 is 5.32 Å². The summed E-state index contributed by atoms with van der Waals surface area (Å²) in [6.07, 6.45) is 7.69. The van der Waals surface area contributed by atoms with Gasteiger partial charge in [0.15, 0.2) is 0 Å². The maximum Gasteiger partial charge on any atom is 0.229 e. The summed E-state index contributed by atoms with van der Waals surface area (Å²) in [7, 11) is 0. The van der Waals surface area contributed by atoms with Crippen LogP contribution in [0.3, 0.4) is 0 Å². The lowest BCUT2D eigenvalue weighted by Gasteiger charge is -2.32. The van der Waals surface area contributed by atoms with Crippen LogP contribution in [0, 0.1) is 0 Å². The average molecular weight is 264 g/mol. The van der Waals surface area contributed by atoms with Crippen LogP contribution in [-0.2, 0) is 14.4 Å². The Morgan fingerprint density at radius 2 is 2.00 bits per heavy atom. The molecule has 1 unspecified atom stereocenters. The fraction of sp³-hybridized carbons (Fsp3) is 0.643. The smallest absolute Gasteiger partial charge is 0.229 e. The van der Waals surface area contributed by atoms with E-state index < -0.39 is 0 Å². The van der Waals surface area contributed by atoms with Gasteiger partial charge in [-0.05, 0) is 26.2 Å². The number of rotatable bonds is 4. The van der Waals surface area contributed by atoms with Crippen molar-refractivity contribution in [1.29, 1.82) is 0 Å². The molecule has 5 nitrogen and oxygen atoms in total. The molecule has 0 aromatic heterocycles. The first kappa shape index (κ1) is 13.8. The molecule has 2 aliphatic rings. The van der Waals surface area contributed by atoms with Crippen LogP contribution in [0.5, 0.6) is 0 Å². The number of nitrogens with zero attached hydrogens (tertiary/aromatic N) is 1. The second kappa shape index (κ2) is 5.55. The highest BCUT2D eigenvalue weighted by atomic mass is 16.2. The van der Waals surface area contributed by atoms with Crippen LogP contribution in [-0.4, -0.2) is 34.7 Å². The monoisotopic (exact) mass is 264 g/mol. The minimum absolute atomic E-state index is 0.0923. The summed E-state index contributed by atoms with van der Waals surface area (Å²) in [5, 5.41) is 3.01. The molecule has 0 saturated carbocycles. The van der Waals surface area contributed by atoms with E-state index in [2.05, 4.69) is 17.5 Å². The normalized spacial score (nSPS) is 26.9. The molecule has 1 N–H and O–H groups in total. The Kier molecular flexibility index (Phi) is 4.02.